The van der Waals surface area contributed by atoms with Gasteiger partial charge >= 0.3 is 0 Å². The van der Waals surface area contributed by atoms with Crippen molar-refractivity contribution in [2.75, 3.05) is 6.54 Å². The van der Waals surface area contributed by atoms with Crippen molar-refractivity contribution in [2.45, 2.75) is 65.2 Å². The number of nitrogens with zero attached hydrogens (tertiary/aromatic N) is 1. The van der Waals surface area contributed by atoms with Gasteiger partial charge in [-0.1, -0.05) is 42.5 Å². The lowest BCUT2D eigenvalue weighted by Gasteiger charge is -2.21. The van der Waals surface area contributed by atoms with Crippen molar-refractivity contribution < 1.29 is 9.37 Å². The van der Waals surface area contributed by atoms with Gasteiger partial charge in [-0.15, -0.1) is 0 Å². The maximum absolute atomic E-state index is 12.2. The van der Waals surface area contributed by atoms with E-state index in [-0.39, 0.29) is 5.78 Å². The van der Waals surface area contributed by atoms with Crippen LogP contribution < -0.4 is 0 Å². The van der Waals surface area contributed by atoms with Gasteiger partial charge < -0.3 is 0 Å². The molecule has 0 atom stereocenters. The van der Waals surface area contributed by atoms with Crippen LogP contribution in [-0.4, -0.2) is 22.6 Å². The van der Waals surface area contributed by atoms with Gasteiger partial charge in [-0.3, -0.25) is 4.79 Å². The number of hydrogen-bond acceptors (Lipinski definition) is 1. The molecule has 2 aromatic carbocycles. The molecule has 0 saturated heterocycles. The summed E-state index contributed by atoms with van der Waals surface area (Å²) in [6, 6.07) is 10.4. The molecule has 4 rings (SSSR count). The summed E-state index contributed by atoms with van der Waals surface area (Å²) in [5.74, 6) is 6.51. The molecule has 0 aliphatic carbocycles. The molecule has 2 nitrogen and oxygen atoms in total. The highest BCUT2D eigenvalue weighted by Crippen LogP contribution is 2.39. The van der Waals surface area contributed by atoms with Crippen LogP contribution in [0.2, 0.25) is 5.02 Å². The van der Waals surface area contributed by atoms with Gasteiger partial charge in [0.2, 0.25) is 5.69 Å². The molecule has 30 heavy (non-hydrogen) atoms. The molecule has 2 aromatic rings. The number of halogens is 1. The van der Waals surface area contributed by atoms with E-state index in [0.717, 1.165) is 60.9 Å². The predicted molar refractivity (Wildman–Crippen MR) is 125 cm³/mol. The summed E-state index contributed by atoms with van der Waals surface area (Å²) in [6.45, 7) is 4.71. The Hall–Kier alpha value is -2.37. The highest BCUT2D eigenvalue weighted by Gasteiger charge is 2.28. The SMILES string of the molecule is CCC#Cc1cc2c(cc1Cl)[N+]1=C(CCCCc3ccc(C(C)=O)cc3-2)CCCC1. The van der Waals surface area contributed by atoms with Crippen LogP contribution in [0.15, 0.2) is 30.3 Å². The molecule has 0 unspecified atom stereocenters. The summed E-state index contributed by atoms with van der Waals surface area (Å²) >= 11 is 6.71. The molecule has 2 heterocycles. The third kappa shape index (κ3) is 4.23. The van der Waals surface area contributed by atoms with E-state index >= 15 is 0 Å². The second-order valence-corrected chi connectivity index (χ2v) is 8.72. The molecule has 0 N–H and O–H groups in total. The zero-order chi connectivity index (χ0) is 21.1. The number of hydrogen-bond donors (Lipinski definition) is 0. The van der Waals surface area contributed by atoms with Crippen molar-refractivity contribution in [1.82, 2.24) is 0 Å². The maximum atomic E-state index is 12.2. The average molecular weight is 419 g/mol. The first-order valence-electron chi connectivity index (χ1n) is 11.2. The molecular formula is C27H29ClNO+. The van der Waals surface area contributed by atoms with Gasteiger partial charge in [-0.2, -0.15) is 4.58 Å². The summed E-state index contributed by atoms with van der Waals surface area (Å²) in [5, 5.41) is 0.709. The summed E-state index contributed by atoms with van der Waals surface area (Å²) < 4.78 is 2.50. The standard InChI is InChI=1S/C27H29ClNO/c1-3-4-9-22-17-25-24-16-21(19(2)30)14-13-20(24)10-5-6-11-23-12-7-8-15-29(23)27(25)18-26(22)28/h13-14,16-18H,3,5-8,10-12,15H2,1-2H3/q+1. The Morgan fingerprint density at radius 1 is 1.03 bits per heavy atom. The average Bonchev–Trinajstić information content (AvgIpc) is 2.76. The zero-order valence-electron chi connectivity index (χ0n) is 18.0. The Balaban J connectivity index is 2.03. The lowest BCUT2D eigenvalue weighted by molar-refractivity contribution is -0.448. The van der Waals surface area contributed by atoms with E-state index in [1.54, 1.807) is 6.92 Å². The van der Waals surface area contributed by atoms with Crippen LogP contribution in [0.1, 0.15) is 80.3 Å². The summed E-state index contributed by atoms with van der Waals surface area (Å²) in [5.41, 5.74) is 7.93. The lowest BCUT2D eigenvalue weighted by Crippen LogP contribution is -2.24. The molecule has 0 aromatic heterocycles. The Bertz CT molecular complexity index is 1080. The van der Waals surface area contributed by atoms with Crippen molar-refractivity contribution in [3.05, 3.63) is 52.0 Å². The summed E-state index contributed by atoms with van der Waals surface area (Å²) in [7, 11) is 0. The van der Waals surface area contributed by atoms with Crippen molar-refractivity contribution in [2.24, 2.45) is 0 Å². The molecule has 0 fully saturated rings. The van der Waals surface area contributed by atoms with Crippen molar-refractivity contribution in [3.63, 3.8) is 0 Å². The van der Waals surface area contributed by atoms with Gasteiger partial charge in [0.15, 0.2) is 11.5 Å². The van der Waals surface area contributed by atoms with Crippen LogP contribution in [-0.2, 0) is 6.42 Å². The van der Waals surface area contributed by atoms with Gasteiger partial charge in [0.25, 0.3) is 0 Å². The van der Waals surface area contributed by atoms with Crippen LogP contribution in [0.25, 0.3) is 11.1 Å². The van der Waals surface area contributed by atoms with E-state index < -0.39 is 0 Å². The Labute approximate surface area is 185 Å². The fourth-order valence-corrected chi connectivity index (χ4v) is 4.84. The van der Waals surface area contributed by atoms with Crippen LogP contribution in [0.5, 0.6) is 0 Å². The van der Waals surface area contributed by atoms with E-state index in [9.17, 15) is 4.79 Å². The Morgan fingerprint density at radius 2 is 1.80 bits per heavy atom. The molecule has 0 radical (unpaired) electrons. The number of benzene rings is 2. The first-order chi connectivity index (χ1) is 14.6. The maximum Gasteiger partial charge on any atom is 0.214 e. The first-order valence-corrected chi connectivity index (χ1v) is 11.5. The van der Waals surface area contributed by atoms with Crippen LogP contribution in [0, 0.1) is 11.8 Å². The van der Waals surface area contributed by atoms with Crippen molar-refractivity contribution in [3.8, 4) is 23.0 Å². The second-order valence-electron chi connectivity index (χ2n) is 8.31. The fraction of sp³-hybridized carbons (Fsp3) is 0.407. The molecule has 0 bridgehead atoms. The molecule has 0 amide bonds. The second kappa shape index (κ2) is 9.19. The third-order valence-electron chi connectivity index (χ3n) is 6.22. The fourth-order valence-electron chi connectivity index (χ4n) is 4.63. The van der Waals surface area contributed by atoms with Crippen molar-refractivity contribution in [1.29, 1.82) is 0 Å². The van der Waals surface area contributed by atoms with Gasteiger partial charge in [-0.05, 0) is 55.9 Å². The molecule has 0 spiro atoms. The van der Waals surface area contributed by atoms with Gasteiger partial charge in [0.05, 0.1) is 10.6 Å². The highest BCUT2D eigenvalue weighted by molar-refractivity contribution is 6.32. The summed E-state index contributed by atoms with van der Waals surface area (Å²) in [4.78, 5) is 12.2. The van der Waals surface area contributed by atoms with Gasteiger partial charge in [0, 0.05) is 42.9 Å². The van der Waals surface area contributed by atoms with Gasteiger partial charge in [0.1, 0.15) is 6.54 Å². The number of aryl methyl sites for hydroxylation is 1. The minimum Gasteiger partial charge on any atom is -0.295 e. The van der Waals surface area contributed by atoms with Crippen LogP contribution >= 0.6 is 11.6 Å². The predicted octanol–water partition coefficient (Wildman–Crippen LogP) is 6.97. The summed E-state index contributed by atoms with van der Waals surface area (Å²) in [6.07, 6.45) is 8.95. The number of carbonyl (C=O) groups is 1. The van der Waals surface area contributed by atoms with E-state index in [0.29, 0.717) is 5.02 Å². The molecule has 2 aliphatic rings. The third-order valence-corrected chi connectivity index (χ3v) is 6.54. The largest absolute Gasteiger partial charge is 0.295 e. The van der Waals surface area contributed by atoms with E-state index in [2.05, 4.69) is 40.7 Å². The monoisotopic (exact) mass is 418 g/mol. The van der Waals surface area contributed by atoms with E-state index in [4.69, 9.17) is 11.6 Å². The van der Waals surface area contributed by atoms with Crippen LogP contribution in [0.4, 0.5) is 5.69 Å². The van der Waals surface area contributed by atoms with Gasteiger partial charge in [-0.25, -0.2) is 0 Å². The van der Waals surface area contributed by atoms with Crippen LogP contribution in [0.3, 0.4) is 0 Å². The minimum absolute atomic E-state index is 0.0987. The smallest absolute Gasteiger partial charge is 0.214 e. The number of fused-ring (bicyclic) bond motifs is 4. The molecule has 154 valence electrons. The Morgan fingerprint density at radius 3 is 2.57 bits per heavy atom. The van der Waals surface area contributed by atoms with Crippen molar-refractivity contribution >= 4 is 28.8 Å². The number of rotatable bonds is 1. The Kier molecular flexibility index (Phi) is 6.40. The zero-order valence-corrected chi connectivity index (χ0v) is 18.7. The molecule has 2 aliphatic heterocycles. The number of Topliss-reactive ketones (excluding diaryl/α,β-unsaturated/α-hetero) is 1. The number of ketones is 1. The lowest BCUT2D eigenvalue weighted by atomic mass is 9.89. The highest BCUT2D eigenvalue weighted by atomic mass is 35.5. The first kappa shape index (κ1) is 20.9. The van der Waals surface area contributed by atoms with E-state index in [1.165, 1.54) is 36.2 Å². The molecule has 3 heteroatoms. The quantitative estimate of drug-likeness (QED) is 0.278. The topological polar surface area (TPSA) is 20.1 Å². The number of carbonyl (C=O) groups excluding carboxylic acids is 1. The minimum atomic E-state index is 0.0987. The molecule has 0 saturated carbocycles. The normalized spacial score (nSPS) is 16.0. The van der Waals surface area contributed by atoms with E-state index in [1.807, 2.05) is 13.0 Å². The molecular weight excluding hydrogens is 390 g/mol.